The average molecular weight is 307 g/mol. The lowest BCUT2D eigenvalue weighted by atomic mass is 10.0. The molecule has 3 heterocycles. The molecule has 2 fully saturated rings. The highest BCUT2D eigenvalue weighted by atomic mass is 16.5. The van der Waals surface area contributed by atoms with Crippen molar-refractivity contribution in [2.45, 2.75) is 25.0 Å². The van der Waals surface area contributed by atoms with Gasteiger partial charge in [-0.25, -0.2) is 0 Å². The summed E-state index contributed by atoms with van der Waals surface area (Å²) in [7, 11) is 1.74. The zero-order valence-electron chi connectivity index (χ0n) is 13.2. The van der Waals surface area contributed by atoms with Crippen molar-refractivity contribution in [1.29, 1.82) is 0 Å². The second-order valence-corrected chi connectivity index (χ2v) is 5.96. The zero-order valence-corrected chi connectivity index (χ0v) is 13.2. The summed E-state index contributed by atoms with van der Waals surface area (Å²) in [6.07, 6.45) is 3.88. The molecule has 0 radical (unpaired) electrons. The van der Waals surface area contributed by atoms with Gasteiger partial charge in [0.05, 0.1) is 19.3 Å². The highest BCUT2D eigenvalue weighted by Gasteiger charge is 2.35. The van der Waals surface area contributed by atoms with E-state index in [0.29, 0.717) is 11.7 Å². The molecule has 122 valence electrons. The predicted octanol–water partition coefficient (Wildman–Crippen LogP) is 0.967. The number of aromatic amines is 1. The predicted molar refractivity (Wildman–Crippen MR) is 82.9 cm³/mol. The monoisotopic (exact) mass is 307 g/mol. The van der Waals surface area contributed by atoms with E-state index in [0.717, 1.165) is 52.2 Å². The number of H-pyrrole nitrogens is 1. The van der Waals surface area contributed by atoms with Gasteiger partial charge in [0, 0.05) is 45.5 Å². The molecule has 0 saturated carbocycles. The highest BCUT2D eigenvalue weighted by molar-refractivity contribution is 5.92. The normalized spacial score (nSPS) is 26.5. The molecular formula is C16H25N3O3. The van der Waals surface area contributed by atoms with Crippen LogP contribution in [0, 0.1) is 0 Å². The Morgan fingerprint density at radius 2 is 2.27 bits per heavy atom. The number of methoxy groups -OCH3 is 1. The maximum Gasteiger partial charge on any atom is 0.270 e. The van der Waals surface area contributed by atoms with Crippen molar-refractivity contribution in [1.82, 2.24) is 14.8 Å². The van der Waals surface area contributed by atoms with E-state index in [-0.39, 0.29) is 12.0 Å². The summed E-state index contributed by atoms with van der Waals surface area (Å²) in [5.41, 5.74) is 0.669. The second kappa shape index (κ2) is 7.26. The van der Waals surface area contributed by atoms with E-state index in [1.54, 1.807) is 13.3 Å². The standard InChI is InChI=1S/C16H25N3O3/c1-21-11-9-18-10-12-22-15-5-8-19(7-4-14(15)18)16(20)13-3-2-6-17-13/h2-3,6,14-15,17H,4-5,7-12H2,1H3/t14-,15-/m1/s1. The molecule has 0 unspecified atom stereocenters. The Labute approximate surface area is 131 Å². The summed E-state index contributed by atoms with van der Waals surface area (Å²) < 4.78 is 11.2. The van der Waals surface area contributed by atoms with Crippen LogP contribution >= 0.6 is 0 Å². The maximum absolute atomic E-state index is 12.5. The van der Waals surface area contributed by atoms with Crippen LogP contribution in [-0.4, -0.2) is 79.3 Å². The lowest BCUT2D eigenvalue weighted by Crippen LogP contribution is -2.52. The average Bonchev–Trinajstić information content (AvgIpc) is 2.99. The molecule has 6 heteroatoms. The number of hydrogen-bond acceptors (Lipinski definition) is 4. The van der Waals surface area contributed by atoms with Crippen LogP contribution < -0.4 is 0 Å². The highest BCUT2D eigenvalue weighted by Crippen LogP contribution is 2.24. The molecule has 2 atom stereocenters. The van der Waals surface area contributed by atoms with Crippen LogP contribution in [-0.2, 0) is 9.47 Å². The number of carbonyl (C=O) groups is 1. The summed E-state index contributed by atoms with van der Waals surface area (Å²) >= 11 is 0. The molecule has 0 aromatic carbocycles. The molecule has 6 nitrogen and oxygen atoms in total. The van der Waals surface area contributed by atoms with E-state index in [2.05, 4.69) is 9.88 Å². The van der Waals surface area contributed by atoms with Gasteiger partial charge in [0.2, 0.25) is 0 Å². The number of carbonyl (C=O) groups excluding carboxylic acids is 1. The Bertz CT molecular complexity index is 477. The smallest absolute Gasteiger partial charge is 0.270 e. The van der Waals surface area contributed by atoms with Gasteiger partial charge >= 0.3 is 0 Å². The molecule has 1 aromatic heterocycles. The summed E-state index contributed by atoms with van der Waals surface area (Å²) in [6, 6.07) is 4.09. The van der Waals surface area contributed by atoms with E-state index < -0.39 is 0 Å². The maximum atomic E-state index is 12.5. The Hall–Kier alpha value is -1.37. The van der Waals surface area contributed by atoms with Gasteiger partial charge in [-0.05, 0) is 25.0 Å². The van der Waals surface area contributed by atoms with Gasteiger partial charge in [0.15, 0.2) is 0 Å². The van der Waals surface area contributed by atoms with Crippen molar-refractivity contribution in [2.75, 3.05) is 46.5 Å². The number of nitrogens with zero attached hydrogens (tertiary/aromatic N) is 2. The Morgan fingerprint density at radius 1 is 1.41 bits per heavy atom. The van der Waals surface area contributed by atoms with Gasteiger partial charge < -0.3 is 19.4 Å². The SMILES string of the molecule is COCCN1CCO[C@@H]2CCN(C(=O)c3ccc[nH]3)CC[C@H]21. The van der Waals surface area contributed by atoms with Crippen LogP contribution in [0.5, 0.6) is 0 Å². The van der Waals surface area contributed by atoms with E-state index in [1.165, 1.54) is 0 Å². The molecule has 3 rings (SSSR count). The van der Waals surface area contributed by atoms with Crippen LogP contribution in [0.4, 0.5) is 0 Å². The number of nitrogens with one attached hydrogen (secondary N) is 1. The molecule has 0 bridgehead atoms. The third kappa shape index (κ3) is 3.34. The van der Waals surface area contributed by atoms with Crippen molar-refractivity contribution in [3.63, 3.8) is 0 Å². The quantitative estimate of drug-likeness (QED) is 0.900. The van der Waals surface area contributed by atoms with Gasteiger partial charge in [-0.3, -0.25) is 9.69 Å². The van der Waals surface area contributed by atoms with E-state index in [4.69, 9.17) is 9.47 Å². The van der Waals surface area contributed by atoms with Gasteiger partial charge in [0.1, 0.15) is 5.69 Å². The number of fused-ring (bicyclic) bond motifs is 1. The van der Waals surface area contributed by atoms with E-state index in [1.807, 2.05) is 17.0 Å². The molecule has 0 aliphatic carbocycles. The Morgan fingerprint density at radius 3 is 3.05 bits per heavy atom. The molecule has 2 aliphatic heterocycles. The first-order valence-electron chi connectivity index (χ1n) is 8.07. The summed E-state index contributed by atoms with van der Waals surface area (Å²) in [6.45, 7) is 4.95. The molecule has 1 amide bonds. The molecular weight excluding hydrogens is 282 g/mol. The fraction of sp³-hybridized carbons (Fsp3) is 0.688. The number of rotatable bonds is 4. The zero-order chi connectivity index (χ0) is 15.4. The summed E-state index contributed by atoms with van der Waals surface area (Å²) in [5, 5.41) is 0. The lowest BCUT2D eigenvalue weighted by Gasteiger charge is -2.40. The van der Waals surface area contributed by atoms with Gasteiger partial charge in [0.25, 0.3) is 5.91 Å². The second-order valence-electron chi connectivity index (χ2n) is 5.96. The van der Waals surface area contributed by atoms with Crippen LogP contribution in [0.2, 0.25) is 0 Å². The van der Waals surface area contributed by atoms with Crippen LogP contribution in [0.25, 0.3) is 0 Å². The molecule has 1 aromatic rings. The summed E-state index contributed by atoms with van der Waals surface area (Å²) in [4.78, 5) is 19.9. The van der Waals surface area contributed by atoms with Gasteiger partial charge in [-0.1, -0.05) is 0 Å². The van der Waals surface area contributed by atoms with E-state index >= 15 is 0 Å². The van der Waals surface area contributed by atoms with Gasteiger partial charge in [-0.2, -0.15) is 0 Å². The van der Waals surface area contributed by atoms with Crippen LogP contribution in [0.15, 0.2) is 18.3 Å². The lowest BCUT2D eigenvalue weighted by molar-refractivity contribution is -0.0761. The molecule has 2 saturated heterocycles. The number of amides is 1. The first-order valence-corrected chi connectivity index (χ1v) is 8.07. The first kappa shape index (κ1) is 15.5. The minimum absolute atomic E-state index is 0.0899. The Kier molecular flexibility index (Phi) is 5.12. The number of morpholine rings is 1. The fourth-order valence-corrected chi connectivity index (χ4v) is 3.48. The minimum Gasteiger partial charge on any atom is -0.383 e. The van der Waals surface area contributed by atoms with Crippen molar-refractivity contribution in [3.8, 4) is 0 Å². The van der Waals surface area contributed by atoms with Crippen molar-refractivity contribution in [2.24, 2.45) is 0 Å². The molecule has 1 N–H and O–H groups in total. The van der Waals surface area contributed by atoms with Gasteiger partial charge in [-0.15, -0.1) is 0 Å². The third-order valence-corrected chi connectivity index (χ3v) is 4.69. The molecule has 0 spiro atoms. The number of aromatic nitrogens is 1. The van der Waals surface area contributed by atoms with Crippen molar-refractivity contribution < 1.29 is 14.3 Å². The fourth-order valence-electron chi connectivity index (χ4n) is 3.48. The van der Waals surface area contributed by atoms with Crippen molar-refractivity contribution in [3.05, 3.63) is 24.0 Å². The van der Waals surface area contributed by atoms with Crippen LogP contribution in [0.3, 0.4) is 0 Å². The largest absolute Gasteiger partial charge is 0.383 e. The minimum atomic E-state index is 0.0899. The van der Waals surface area contributed by atoms with Crippen LogP contribution in [0.1, 0.15) is 23.3 Å². The van der Waals surface area contributed by atoms with Crippen molar-refractivity contribution >= 4 is 5.91 Å². The number of hydrogen-bond donors (Lipinski definition) is 1. The topological polar surface area (TPSA) is 57.8 Å². The molecule has 2 aliphatic rings. The number of ether oxygens (including phenoxy) is 2. The number of likely N-dealkylation sites (tertiary alicyclic amines) is 1. The summed E-state index contributed by atoms with van der Waals surface area (Å²) in [5.74, 6) is 0.0899. The van der Waals surface area contributed by atoms with E-state index in [9.17, 15) is 4.79 Å². The Balaban J connectivity index is 1.64. The first-order chi connectivity index (χ1) is 10.8. The molecule has 22 heavy (non-hydrogen) atoms. The third-order valence-electron chi connectivity index (χ3n) is 4.69.